The van der Waals surface area contributed by atoms with Crippen LogP contribution in [0.4, 0.5) is 17.3 Å². The van der Waals surface area contributed by atoms with E-state index < -0.39 is 0 Å². The summed E-state index contributed by atoms with van der Waals surface area (Å²) < 4.78 is 0. The van der Waals surface area contributed by atoms with Crippen LogP contribution in [0.15, 0.2) is 30.6 Å². The van der Waals surface area contributed by atoms with E-state index in [1.807, 2.05) is 25.1 Å². The second kappa shape index (κ2) is 4.99. The predicted molar refractivity (Wildman–Crippen MR) is 69.3 cm³/mol. The fourth-order valence-electron chi connectivity index (χ4n) is 1.36. The summed E-state index contributed by atoms with van der Waals surface area (Å²) in [6.07, 6.45) is 1.42. The summed E-state index contributed by atoms with van der Waals surface area (Å²) in [4.78, 5) is 7.99. The normalized spacial score (nSPS) is 10.1. The Labute approximate surface area is 104 Å². The Morgan fingerprint density at radius 2 is 1.94 bits per heavy atom. The summed E-state index contributed by atoms with van der Waals surface area (Å²) >= 11 is 6.11. The molecule has 6 heteroatoms. The van der Waals surface area contributed by atoms with E-state index in [1.54, 1.807) is 6.07 Å². The van der Waals surface area contributed by atoms with Crippen molar-refractivity contribution in [3.05, 3.63) is 41.2 Å². The molecule has 4 N–H and O–H groups in total. The molecule has 1 aromatic heterocycles. The van der Waals surface area contributed by atoms with Crippen LogP contribution in [0, 0.1) is 6.92 Å². The van der Waals surface area contributed by atoms with Gasteiger partial charge in [-0.1, -0.05) is 17.7 Å². The average molecular weight is 250 g/mol. The molecule has 0 bridgehead atoms. The number of benzene rings is 1. The van der Waals surface area contributed by atoms with Crippen LogP contribution in [0.5, 0.6) is 0 Å². The van der Waals surface area contributed by atoms with Crippen molar-refractivity contribution in [1.29, 1.82) is 0 Å². The number of nitrogens with zero attached hydrogens (tertiary/aromatic N) is 2. The van der Waals surface area contributed by atoms with Crippen molar-refractivity contribution in [3.8, 4) is 0 Å². The second-order valence-corrected chi connectivity index (χ2v) is 3.95. The molecule has 0 saturated carbocycles. The van der Waals surface area contributed by atoms with E-state index in [0.29, 0.717) is 16.7 Å². The van der Waals surface area contributed by atoms with Gasteiger partial charge in [-0.25, -0.2) is 15.8 Å². The largest absolute Gasteiger partial charge is 0.339 e. The summed E-state index contributed by atoms with van der Waals surface area (Å²) in [6.45, 7) is 1.98. The Balaban J connectivity index is 2.25. The van der Waals surface area contributed by atoms with Gasteiger partial charge in [-0.05, 0) is 24.6 Å². The fraction of sp³-hybridized carbons (Fsp3) is 0.0909. The van der Waals surface area contributed by atoms with Crippen molar-refractivity contribution in [1.82, 2.24) is 9.97 Å². The average Bonchev–Trinajstić information content (AvgIpc) is 2.33. The zero-order valence-electron chi connectivity index (χ0n) is 9.24. The first kappa shape index (κ1) is 11.6. The SMILES string of the molecule is Cc1ccc(Nc2cc(NN)ncn2)c(Cl)c1. The van der Waals surface area contributed by atoms with Crippen LogP contribution >= 0.6 is 11.6 Å². The smallest absolute Gasteiger partial charge is 0.145 e. The highest BCUT2D eigenvalue weighted by molar-refractivity contribution is 6.33. The van der Waals surface area contributed by atoms with Crippen molar-refractivity contribution in [3.63, 3.8) is 0 Å². The molecule has 1 heterocycles. The minimum absolute atomic E-state index is 0.533. The lowest BCUT2D eigenvalue weighted by Gasteiger charge is -2.08. The number of nitrogens with two attached hydrogens (primary N) is 1. The molecule has 88 valence electrons. The van der Waals surface area contributed by atoms with Gasteiger partial charge in [0.05, 0.1) is 10.7 Å². The Morgan fingerprint density at radius 1 is 1.18 bits per heavy atom. The lowest BCUT2D eigenvalue weighted by atomic mass is 10.2. The molecule has 0 fully saturated rings. The van der Waals surface area contributed by atoms with Crippen LogP contribution in [0.25, 0.3) is 0 Å². The molecule has 0 atom stereocenters. The van der Waals surface area contributed by atoms with Gasteiger partial charge in [0.25, 0.3) is 0 Å². The molecule has 0 saturated heterocycles. The molecule has 1 aromatic carbocycles. The van der Waals surface area contributed by atoms with Gasteiger partial charge in [-0.15, -0.1) is 0 Å². The minimum Gasteiger partial charge on any atom is -0.339 e. The summed E-state index contributed by atoms with van der Waals surface area (Å²) in [5.74, 6) is 6.42. The first-order chi connectivity index (χ1) is 8.19. The van der Waals surface area contributed by atoms with Crippen LogP contribution in [-0.2, 0) is 0 Å². The number of anilines is 3. The van der Waals surface area contributed by atoms with E-state index in [-0.39, 0.29) is 0 Å². The summed E-state index contributed by atoms with van der Waals surface area (Å²) in [5, 5.41) is 3.74. The van der Waals surface area contributed by atoms with Gasteiger partial charge < -0.3 is 10.7 Å². The second-order valence-electron chi connectivity index (χ2n) is 3.54. The van der Waals surface area contributed by atoms with Gasteiger partial charge in [-0.3, -0.25) is 0 Å². The van der Waals surface area contributed by atoms with Gasteiger partial charge >= 0.3 is 0 Å². The minimum atomic E-state index is 0.533. The molecule has 0 aliphatic heterocycles. The first-order valence-electron chi connectivity index (χ1n) is 5.01. The van der Waals surface area contributed by atoms with E-state index >= 15 is 0 Å². The van der Waals surface area contributed by atoms with Crippen LogP contribution in [-0.4, -0.2) is 9.97 Å². The molecule has 2 rings (SSSR count). The van der Waals surface area contributed by atoms with Crippen molar-refractivity contribution >= 4 is 28.9 Å². The molecule has 0 aliphatic carbocycles. The third kappa shape index (κ3) is 2.83. The Kier molecular flexibility index (Phi) is 3.41. The van der Waals surface area contributed by atoms with Crippen molar-refractivity contribution < 1.29 is 0 Å². The Bertz CT molecular complexity index is 529. The summed E-state index contributed by atoms with van der Waals surface area (Å²) in [5.41, 5.74) is 4.35. The number of nitrogen functional groups attached to an aromatic ring is 1. The maximum atomic E-state index is 6.11. The van der Waals surface area contributed by atoms with E-state index in [9.17, 15) is 0 Å². The van der Waals surface area contributed by atoms with Gasteiger partial charge in [0, 0.05) is 6.07 Å². The summed E-state index contributed by atoms with van der Waals surface area (Å²) in [7, 11) is 0. The zero-order chi connectivity index (χ0) is 12.3. The van der Waals surface area contributed by atoms with Gasteiger partial charge in [-0.2, -0.15) is 0 Å². The molecule has 0 aliphatic rings. The fourth-order valence-corrected chi connectivity index (χ4v) is 1.65. The number of hydrogen-bond donors (Lipinski definition) is 3. The number of hydrogen-bond acceptors (Lipinski definition) is 5. The number of aryl methyl sites for hydroxylation is 1. The molecule has 0 radical (unpaired) electrons. The van der Waals surface area contributed by atoms with Crippen molar-refractivity contribution in [2.75, 3.05) is 10.7 Å². The molecule has 5 nitrogen and oxygen atoms in total. The van der Waals surface area contributed by atoms with Crippen LogP contribution < -0.4 is 16.6 Å². The zero-order valence-corrected chi connectivity index (χ0v) is 9.99. The number of hydrazine groups is 1. The molecule has 0 amide bonds. The number of aromatic nitrogens is 2. The quantitative estimate of drug-likeness (QED) is 0.576. The van der Waals surface area contributed by atoms with E-state index in [2.05, 4.69) is 20.7 Å². The van der Waals surface area contributed by atoms with Gasteiger partial charge in [0.1, 0.15) is 18.0 Å². The number of nitrogens with one attached hydrogen (secondary N) is 2. The predicted octanol–water partition coefficient (Wildman–Crippen LogP) is 2.47. The van der Waals surface area contributed by atoms with Crippen LogP contribution in [0.2, 0.25) is 5.02 Å². The van der Waals surface area contributed by atoms with Crippen LogP contribution in [0.1, 0.15) is 5.56 Å². The van der Waals surface area contributed by atoms with Crippen molar-refractivity contribution in [2.45, 2.75) is 6.92 Å². The molecule has 0 spiro atoms. The molecule has 2 aromatic rings. The molecular formula is C11H12ClN5. The van der Waals surface area contributed by atoms with E-state index in [4.69, 9.17) is 17.4 Å². The lowest BCUT2D eigenvalue weighted by molar-refractivity contribution is 1.14. The Hall–Kier alpha value is -1.85. The third-order valence-electron chi connectivity index (χ3n) is 2.20. The molecular weight excluding hydrogens is 238 g/mol. The third-order valence-corrected chi connectivity index (χ3v) is 2.51. The van der Waals surface area contributed by atoms with Gasteiger partial charge in [0.15, 0.2) is 0 Å². The first-order valence-corrected chi connectivity index (χ1v) is 5.38. The molecule has 17 heavy (non-hydrogen) atoms. The van der Waals surface area contributed by atoms with E-state index in [1.165, 1.54) is 6.33 Å². The molecule has 0 unspecified atom stereocenters. The summed E-state index contributed by atoms with van der Waals surface area (Å²) in [6, 6.07) is 7.44. The van der Waals surface area contributed by atoms with Crippen LogP contribution in [0.3, 0.4) is 0 Å². The Morgan fingerprint density at radius 3 is 2.65 bits per heavy atom. The number of halogens is 1. The highest BCUT2D eigenvalue weighted by Crippen LogP contribution is 2.25. The monoisotopic (exact) mass is 249 g/mol. The van der Waals surface area contributed by atoms with E-state index in [0.717, 1.165) is 11.3 Å². The maximum absolute atomic E-state index is 6.11. The standard InChI is InChI=1S/C11H12ClN5/c1-7-2-3-9(8(12)4-7)16-10-5-11(17-13)15-6-14-10/h2-6H,13H2,1H3,(H2,14,15,16,17). The highest BCUT2D eigenvalue weighted by Gasteiger charge is 2.02. The maximum Gasteiger partial charge on any atom is 0.145 e. The highest BCUT2D eigenvalue weighted by atomic mass is 35.5. The van der Waals surface area contributed by atoms with Gasteiger partial charge in [0.2, 0.25) is 0 Å². The van der Waals surface area contributed by atoms with Crippen molar-refractivity contribution in [2.24, 2.45) is 5.84 Å². The topological polar surface area (TPSA) is 75.9 Å². The number of rotatable bonds is 3. The lowest BCUT2D eigenvalue weighted by Crippen LogP contribution is -2.09.